The van der Waals surface area contributed by atoms with E-state index in [1.807, 2.05) is 61.5 Å². The summed E-state index contributed by atoms with van der Waals surface area (Å²) in [5.41, 5.74) is 5.23. The lowest BCUT2D eigenvalue weighted by Crippen LogP contribution is -2.39. The maximum Gasteiger partial charge on any atom is 0.323 e. The predicted molar refractivity (Wildman–Crippen MR) is 137 cm³/mol. The number of carbonyl (C=O) groups is 1. The Morgan fingerprint density at radius 1 is 1.06 bits per heavy atom. The second-order valence-corrected chi connectivity index (χ2v) is 9.03. The fraction of sp³-hybridized carbons (Fsp3) is 0.222. The molecule has 1 aromatic heterocycles. The number of benzene rings is 3. The van der Waals surface area contributed by atoms with Gasteiger partial charge >= 0.3 is 5.97 Å². The minimum atomic E-state index is -1.08. The van der Waals surface area contributed by atoms with Crippen LogP contribution in [0.25, 0.3) is 11.1 Å². The molecule has 36 heavy (non-hydrogen) atoms. The van der Waals surface area contributed by atoms with Crippen molar-refractivity contribution in [2.75, 3.05) is 6.61 Å². The van der Waals surface area contributed by atoms with E-state index in [1.54, 1.807) is 0 Å². The van der Waals surface area contributed by atoms with Crippen LogP contribution >= 0.6 is 11.8 Å². The maximum absolute atomic E-state index is 11.0. The van der Waals surface area contributed by atoms with Gasteiger partial charge in [-0.25, -0.2) is 0 Å². The van der Waals surface area contributed by atoms with Gasteiger partial charge in [0.15, 0.2) is 6.61 Å². The molecule has 0 bridgehead atoms. The molecule has 0 aliphatic rings. The summed E-state index contributed by atoms with van der Waals surface area (Å²) in [4.78, 5) is 11.0. The third-order valence-electron chi connectivity index (χ3n) is 5.56. The SMILES string of the molecule is Cc1c(OCc2nnc(SCc3cccc(CN[C@@H](CO)C(=O)O)c3)o2)cccc1-c1ccccc1. The fourth-order valence-corrected chi connectivity index (χ4v) is 4.36. The lowest BCUT2D eigenvalue weighted by atomic mass is 10.00. The van der Waals surface area contributed by atoms with E-state index in [4.69, 9.17) is 19.4 Å². The number of ether oxygens (including phenoxy) is 1. The Balaban J connectivity index is 1.31. The summed E-state index contributed by atoms with van der Waals surface area (Å²) in [5, 5.41) is 29.6. The van der Waals surface area contributed by atoms with Crippen LogP contribution in [-0.4, -0.2) is 39.0 Å². The van der Waals surface area contributed by atoms with Crippen LogP contribution in [-0.2, 0) is 23.7 Å². The third-order valence-corrected chi connectivity index (χ3v) is 6.44. The number of carboxylic acids is 1. The molecule has 8 nitrogen and oxygen atoms in total. The second-order valence-electron chi connectivity index (χ2n) is 8.11. The van der Waals surface area contributed by atoms with Crippen LogP contribution in [0.3, 0.4) is 0 Å². The van der Waals surface area contributed by atoms with Gasteiger partial charge in [0.1, 0.15) is 11.8 Å². The average Bonchev–Trinajstić information content (AvgIpc) is 3.36. The van der Waals surface area contributed by atoms with Crippen molar-refractivity contribution in [3.63, 3.8) is 0 Å². The Morgan fingerprint density at radius 3 is 2.61 bits per heavy atom. The van der Waals surface area contributed by atoms with E-state index in [-0.39, 0.29) is 6.61 Å². The zero-order valence-electron chi connectivity index (χ0n) is 19.8. The van der Waals surface area contributed by atoms with Gasteiger partial charge in [-0.1, -0.05) is 78.5 Å². The van der Waals surface area contributed by atoms with Crippen molar-refractivity contribution in [1.29, 1.82) is 0 Å². The smallest absolute Gasteiger partial charge is 0.323 e. The maximum atomic E-state index is 11.0. The Kier molecular flexibility index (Phi) is 8.72. The van der Waals surface area contributed by atoms with Crippen molar-refractivity contribution in [1.82, 2.24) is 15.5 Å². The van der Waals surface area contributed by atoms with Crippen molar-refractivity contribution >= 4 is 17.7 Å². The highest BCUT2D eigenvalue weighted by Gasteiger charge is 2.15. The zero-order chi connectivity index (χ0) is 25.3. The molecule has 0 spiro atoms. The summed E-state index contributed by atoms with van der Waals surface area (Å²) in [6, 6.07) is 22.9. The van der Waals surface area contributed by atoms with Crippen LogP contribution in [0.15, 0.2) is 82.4 Å². The third kappa shape index (κ3) is 6.72. The summed E-state index contributed by atoms with van der Waals surface area (Å²) in [6.45, 7) is 2.07. The van der Waals surface area contributed by atoms with Crippen molar-refractivity contribution < 1.29 is 24.2 Å². The molecular weight excluding hydrogens is 478 g/mol. The molecular formula is C27H27N3O5S. The van der Waals surface area contributed by atoms with Crippen LogP contribution in [0.4, 0.5) is 0 Å². The second kappa shape index (κ2) is 12.3. The minimum Gasteiger partial charge on any atom is -0.484 e. The van der Waals surface area contributed by atoms with Crippen molar-refractivity contribution in [2.24, 2.45) is 0 Å². The molecule has 4 rings (SSSR count). The normalized spacial score (nSPS) is 11.8. The van der Waals surface area contributed by atoms with Gasteiger partial charge in [0.2, 0.25) is 0 Å². The van der Waals surface area contributed by atoms with Crippen molar-refractivity contribution in [3.05, 3.63) is 95.4 Å². The first-order chi connectivity index (χ1) is 17.5. The average molecular weight is 506 g/mol. The molecule has 1 atom stereocenters. The largest absolute Gasteiger partial charge is 0.484 e. The number of carboxylic acid groups (broad SMARTS) is 1. The Hall–Kier alpha value is -3.66. The molecule has 0 fully saturated rings. The monoisotopic (exact) mass is 505 g/mol. The van der Waals surface area contributed by atoms with E-state index >= 15 is 0 Å². The number of aliphatic carboxylic acids is 1. The van der Waals surface area contributed by atoms with Gasteiger partial charge in [0.25, 0.3) is 11.1 Å². The summed E-state index contributed by atoms with van der Waals surface area (Å²) in [5.74, 6) is 0.681. The van der Waals surface area contributed by atoms with Gasteiger partial charge in [-0.05, 0) is 40.8 Å². The Labute approximate surface area is 213 Å². The van der Waals surface area contributed by atoms with Crippen LogP contribution < -0.4 is 10.1 Å². The number of thioether (sulfide) groups is 1. The number of hydrogen-bond acceptors (Lipinski definition) is 8. The van der Waals surface area contributed by atoms with Gasteiger partial charge in [0.05, 0.1) is 6.61 Å². The number of aliphatic hydroxyl groups excluding tert-OH is 1. The molecule has 4 aromatic rings. The number of rotatable bonds is 12. The van der Waals surface area contributed by atoms with Crippen LogP contribution in [0.2, 0.25) is 0 Å². The predicted octanol–water partition coefficient (Wildman–Crippen LogP) is 4.45. The van der Waals surface area contributed by atoms with E-state index in [1.165, 1.54) is 11.8 Å². The standard InChI is InChI=1S/C27H27N3O5S/c1-18-22(21-9-3-2-4-10-21)11-6-12-24(18)34-16-25-29-30-27(35-25)36-17-20-8-5-7-19(13-20)14-28-23(15-31)26(32)33/h2-13,23,28,31H,14-17H2,1H3,(H,32,33)/t23-/m0/s1. The highest BCUT2D eigenvalue weighted by Crippen LogP contribution is 2.30. The molecule has 186 valence electrons. The molecule has 0 saturated carbocycles. The Morgan fingerprint density at radius 2 is 1.83 bits per heavy atom. The van der Waals surface area contributed by atoms with E-state index in [0.29, 0.717) is 23.4 Å². The topological polar surface area (TPSA) is 118 Å². The highest BCUT2D eigenvalue weighted by molar-refractivity contribution is 7.98. The highest BCUT2D eigenvalue weighted by atomic mass is 32.2. The number of aliphatic hydroxyl groups is 1. The Bertz CT molecular complexity index is 1300. The van der Waals surface area contributed by atoms with E-state index in [9.17, 15) is 4.79 Å². The summed E-state index contributed by atoms with van der Waals surface area (Å²) in [6.07, 6.45) is 0. The number of hydrogen-bond donors (Lipinski definition) is 3. The van der Waals surface area contributed by atoms with Gasteiger partial charge in [-0.15, -0.1) is 10.2 Å². The summed E-state index contributed by atoms with van der Waals surface area (Å²) < 4.78 is 11.7. The van der Waals surface area contributed by atoms with Crippen LogP contribution in [0.5, 0.6) is 5.75 Å². The molecule has 0 radical (unpaired) electrons. The van der Waals surface area contributed by atoms with Crippen LogP contribution in [0.1, 0.15) is 22.6 Å². The number of aromatic nitrogens is 2. The molecule has 0 aliphatic carbocycles. The fourth-order valence-electron chi connectivity index (χ4n) is 3.64. The van der Waals surface area contributed by atoms with Crippen LogP contribution in [0, 0.1) is 6.92 Å². The first-order valence-corrected chi connectivity index (χ1v) is 12.4. The lowest BCUT2D eigenvalue weighted by Gasteiger charge is -2.12. The first-order valence-electron chi connectivity index (χ1n) is 11.4. The van der Waals surface area contributed by atoms with E-state index in [2.05, 4.69) is 33.7 Å². The molecule has 0 unspecified atom stereocenters. The first kappa shape index (κ1) is 25.4. The zero-order valence-corrected chi connectivity index (χ0v) is 20.6. The quantitative estimate of drug-likeness (QED) is 0.240. The van der Waals surface area contributed by atoms with E-state index < -0.39 is 18.6 Å². The van der Waals surface area contributed by atoms with Gasteiger partial charge in [-0.3, -0.25) is 10.1 Å². The number of nitrogens with zero attached hydrogens (tertiary/aromatic N) is 2. The molecule has 3 aromatic carbocycles. The van der Waals surface area contributed by atoms with Gasteiger partial charge in [0, 0.05) is 12.3 Å². The molecule has 0 amide bonds. The van der Waals surface area contributed by atoms with E-state index in [0.717, 1.165) is 33.6 Å². The molecule has 1 heterocycles. The molecule has 9 heteroatoms. The summed E-state index contributed by atoms with van der Waals surface area (Å²) in [7, 11) is 0. The molecule has 0 saturated heterocycles. The molecule has 0 aliphatic heterocycles. The summed E-state index contributed by atoms with van der Waals surface area (Å²) >= 11 is 1.41. The van der Waals surface area contributed by atoms with Gasteiger partial charge in [-0.2, -0.15) is 0 Å². The van der Waals surface area contributed by atoms with Gasteiger partial charge < -0.3 is 19.4 Å². The molecule has 3 N–H and O–H groups in total. The number of nitrogens with one attached hydrogen (secondary N) is 1. The minimum absolute atomic E-state index is 0.170. The van der Waals surface area contributed by atoms with Crippen molar-refractivity contribution in [2.45, 2.75) is 37.1 Å². The lowest BCUT2D eigenvalue weighted by molar-refractivity contribution is -0.140. The van der Waals surface area contributed by atoms with Crippen molar-refractivity contribution in [3.8, 4) is 16.9 Å².